The van der Waals surface area contributed by atoms with E-state index in [1.807, 2.05) is 0 Å². The molecule has 0 aromatic carbocycles. The molecule has 0 aromatic rings. The van der Waals surface area contributed by atoms with Crippen LogP contribution in [0, 0.1) is 0 Å². The van der Waals surface area contributed by atoms with Crippen molar-refractivity contribution in [1.29, 1.82) is 0 Å². The van der Waals surface area contributed by atoms with Crippen LogP contribution < -0.4 is 0 Å². The van der Waals surface area contributed by atoms with Crippen molar-refractivity contribution in [3.63, 3.8) is 0 Å². The fraction of sp³-hybridized carbons (Fsp3) is 1.00. The van der Waals surface area contributed by atoms with Gasteiger partial charge in [0.1, 0.15) is 24.4 Å². The van der Waals surface area contributed by atoms with Gasteiger partial charge in [-0.3, -0.25) is 0 Å². The molecule has 0 bridgehead atoms. The second-order valence-electron chi connectivity index (χ2n) is 5.34. The Kier molecular flexibility index (Phi) is 5.89. The summed E-state index contributed by atoms with van der Waals surface area (Å²) < 4.78 is 16.8. The molecule has 2 heterocycles. The van der Waals surface area contributed by atoms with E-state index in [9.17, 15) is 5.11 Å². The van der Waals surface area contributed by atoms with Gasteiger partial charge < -0.3 is 19.3 Å². The van der Waals surface area contributed by atoms with E-state index in [-0.39, 0.29) is 18.3 Å². The van der Waals surface area contributed by atoms with Crippen LogP contribution in [0.3, 0.4) is 0 Å². The molecule has 2 aliphatic rings. The fourth-order valence-corrected chi connectivity index (χ4v) is 2.70. The van der Waals surface area contributed by atoms with Gasteiger partial charge in [0.2, 0.25) is 0 Å². The minimum Gasteiger partial charge on any atom is -0.388 e. The molecule has 2 fully saturated rings. The molecule has 0 saturated carbocycles. The van der Waals surface area contributed by atoms with Gasteiger partial charge in [-0.05, 0) is 6.42 Å². The number of ether oxygens (including phenoxy) is 3. The number of aliphatic hydroxyl groups excluding tert-OH is 1. The lowest BCUT2D eigenvalue weighted by atomic mass is 10.1. The average Bonchev–Trinajstić information content (AvgIpc) is 2.93. The van der Waals surface area contributed by atoms with Gasteiger partial charge in [0.25, 0.3) is 0 Å². The maximum atomic E-state index is 9.60. The van der Waals surface area contributed by atoms with Crippen LogP contribution in [0.5, 0.6) is 0 Å². The van der Waals surface area contributed by atoms with E-state index < -0.39 is 6.10 Å². The minimum atomic E-state index is -0.474. The molecule has 4 atom stereocenters. The van der Waals surface area contributed by atoms with Gasteiger partial charge in [-0.15, -0.1) is 0 Å². The van der Waals surface area contributed by atoms with Gasteiger partial charge >= 0.3 is 0 Å². The van der Waals surface area contributed by atoms with Crippen LogP contribution in [-0.2, 0) is 14.2 Å². The monoisotopic (exact) mass is 258 g/mol. The van der Waals surface area contributed by atoms with Gasteiger partial charge in [-0.2, -0.15) is 0 Å². The summed E-state index contributed by atoms with van der Waals surface area (Å²) >= 11 is 0. The third-order valence-corrected chi connectivity index (χ3v) is 3.81. The largest absolute Gasteiger partial charge is 0.388 e. The van der Waals surface area contributed by atoms with Gasteiger partial charge in [0.15, 0.2) is 0 Å². The summed E-state index contributed by atoms with van der Waals surface area (Å²) in [6.07, 6.45) is 6.94. The van der Waals surface area contributed by atoms with Crippen molar-refractivity contribution in [2.45, 2.75) is 69.9 Å². The van der Waals surface area contributed by atoms with Crippen molar-refractivity contribution >= 4 is 0 Å². The molecule has 2 rings (SSSR count). The summed E-state index contributed by atoms with van der Waals surface area (Å²) in [6, 6.07) is 0. The van der Waals surface area contributed by atoms with Crippen LogP contribution in [0.15, 0.2) is 0 Å². The molecule has 0 amide bonds. The number of hydrogen-bond acceptors (Lipinski definition) is 4. The maximum Gasteiger partial charge on any atom is 0.115 e. The van der Waals surface area contributed by atoms with Crippen molar-refractivity contribution in [2.75, 3.05) is 19.8 Å². The zero-order valence-electron chi connectivity index (χ0n) is 11.3. The van der Waals surface area contributed by atoms with E-state index in [1.165, 1.54) is 32.1 Å². The zero-order chi connectivity index (χ0) is 12.8. The smallest absolute Gasteiger partial charge is 0.115 e. The van der Waals surface area contributed by atoms with E-state index in [0.717, 1.165) is 13.0 Å². The highest BCUT2D eigenvalue weighted by Crippen LogP contribution is 2.28. The first kappa shape index (κ1) is 14.3. The Balaban J connectivity index is 1.52. The van der Waals surface area contributed by atoms with E-state index in [1.54, 1.807) is 0 Å². The summed E-state index contributed by atoms with van der Waals surface area (Å²) in [5, 5.41) is 9.60. The summed E-state index contributed by atoms with van der Waals surface area (Å²) in [4.78, 5) is 0. The second kappa shape index (κ2) is 7.43. The highest BCUT2D eigenvalue weighted by Gasteiger charge is 2.47. The molecule has 2 saturated heterocycles. The molecule has 0 radical (unpaired) electrons. The van der Waals surface area contributed by atoms with Crippen LogP contribution in [0.25, 0.3) is 0 Å². The molecule has 18 heavy (non-hydrogen) atoms. The van der Waals surface area contributed by atoms with E-state index in [4.69, 9.17) is 14.2 Å². The van der Waals surface area contributed by atoms with E-state index in [0.29, 0.717) is 13.2 Å². The van der Waals surface area contributed by atoms with Gasteiger partial charge in [0.05, 0.1) is 13.2 Å². The van der Waals surface area contributed by atoms with E-state index in [2.05, 4.69) is 6.92 Å². The Morgan fingerprint density at radius 2 is 1.72 bits per heavy atom. The Hall–Kier alpha value is -0.160. The predicted molar refractivity (Wildman–Crippen MR) is 68.6 cm³/mol. The zero-order valence-corrected chi connectivity index (χ0v) is 11.3. The number of rotatable bonds is 8. The lowest BCUT2D eigenvalue weighted by Gasteiger charge is -2.16. The van der Waals surface area contributed by atoms with Crippen LogP contribution in [-0.4, -0.2) is 49.3 Å². The molecule has 2 aliphatic heterocycles. The second-order valence-corrected chi connectivity index (χ2v) is 5.34. The van der Waals surface area contributed by atoms with Crippen LogP contribution in [0.4, 0.5) is 0 Å². The molecule has 4 nitrogen and oxygen atoms in total. The van der Waals surface area contributed by atoms with Crippen LogP contribution in [0.2, 0.25) is 0 Å². The third kappa shape index (κ3) is 3.67. The molecule has 0 aliphatic carbocycles. The Morgan fingerprint density at radius 3 is 2.56 bits per heavy atom. The topological polar surface area (TPSA) is 47.9 Å². The summed E-state index contributed by atoms with van der Waals surface area (Å²) in [5.74, 6) is 0. The SMILES string of the molecule is CCCCCCCCO[C@@H]1CO[C@H]2[C@@H]1OC[C@@H]2O. The summed E-state index contributed by atoms with van der Waals surface area (Å²) in [5.41, 5.74) is 0. The predicted octanol–water partition coefficient (Wildman–Crippen LogP) is 1.89. The standard InChI is InChI=1S/C14H26O4/c1-2-3-4-5-6-7-8-16-12-10-18-13-11(15)9-17-14(12)13/h11-15H,2-10H2,1H3/t11-,12+,13+,14+/m0/s1. The molecular weight excluding hydrogens is 232 g/mol. The summed E-state index contributed by atoms with van der Waals surface area (Å²) in [7, 11) is 0. The first-order valence-electron chi connectivity index (χ1n) is 7.35. The first-order chi connectivity index (χ1) is 8.83. The van der Waals surface area contributed by atoms with Gasteiger partial charge in [-0.25, -0.2) is 0 Å². The van der Waals surface area contributed by atoms with Crippen molar-refractivity contribution < 1.29 is 19.3 Å². The number of aliphatic hydroxyl groups is 1. The molecule has 106 valence electrons. The molecular formula is C14H26O4. The average molecular weight is 258 g/mol. The lowest BCUT2D eigenvalue weighted by molar-refractivity contribution is -0.0378. The normalized spacial score (nSPS) is 35.0. The number of unbranched alkanes of at least 4 members (excludes halogenated alkanes) is 5. The van der Waals surface area contributed by atoms with Crippen LogP contribution >= 0.6 is 0 Å². The molecule has 0 aromatic heterocycles. The first-order valence-corrected chi connectivity index (χ1v) is 7.35. The quantitative estimate of drug-likeness (QED) is 0.675. The van der Waals surface area contributed by atoms with Crippen LogP contribution in [0.1, 0.15) is 45.4 Å². The Morgan fingerprint density at radius 1 is 1.00 bits per heavy atom. The fourth-order valence-electron chi connectivity index (χ4n) is 2.70. The number of hydrogen-bond donors (Lipinski definition) is 1. The molecule has 0 unspecified atom stereocenters. The number of fused-ring (bicyclic) bond motifs is 1. The maximum absolute atomic E-state index is 9.60. The summed E-state index contributed by atoms with van der Waals surface area (Å²) in [6.45, 7) is 3.95. The third-order valence-electron chi connectivity index (χ3n) is 3.81. The highest BCUT2D eigenvalue weighted by molar-refractivity contribution is 4.94. The van der Waals surface area contributed by atoms with Crippen molar-refractivity contribution in [2.24, 2.45) is 0 Å². The van der Waals surface area contributed by atoms with Gasteiger partial charge in [-0.1, -0.05) is 39.0 Å². The van der Waals surface area contributed by atoms with Gasteiger partial charge in [0, 0.05) is 6.61 Å². The lowest BCUT2D eigenvalue weighted by Crippen LogP contribution is -2.33. The minimum absolute atomic E-state index is 0.0165. The van der Waals surface area contributed by atoms with Crippen molar-refractivity contribution in [3.05, 3.63) is 0 Å². The Bertz CT molecular complexity index is 234. The van der Waals surface area contributed by atoms with Crippen molar-refractivity contribution in [3.8, 4) is 0 Å². The molecule has 4 heteroatoms. The Labute approximate surface area is 110 Å². The van der Waals surface area contributed by atoms with Crippen molar-refractivity contribution in [1.82, 2.24) is 0 Å². The highest BCUT2D eigenvalue weighted by atomic mass is 16.6. The van der Waals surface area contributed by atoms with E-state index >= 15 is 0 Å². The molecule has 0 spiro atoms. The molecule has 1 N–H and O–H groups in total.